The molecule has 0 saturated heterocycles. The van der Waals surface area contributed by atoms with Gasteiger partial charge in [-0.2, -0.15) is 8.78 Å². The van der Waals surface area contributed by atoms with Gasteiger partial charge in [0.25, 0.3) is 0 Å². The Morgan fingerprint density at radius 2 is 1.75 bits per heavy atom. The summed E-state index contributed by atoms with van der Waals surface area (Å²) >= 11 is 0. The summed E-state index contributed by atoms with van der Waals surface area (Å²) in [6.07, 6.45) is 0. The lowest BCUT2D eigenvalue weighted by atomic mass is 10.1. The van der Waals surface area contributed by atoms with Gasteiger partial charge in [0.05, 0.1) is 20.8 Å². The zero-order valence-electron chi connectivity index (χ0n) is 17.9. The number of nitrogens with one attached hydrogen (secondary N) is 2. The van der Waals surface area contributed by atoms with Gasteiger partial charge in [0.2, 0.25) is 6.79 Å². The Hall–Kier alpha value is -2.70. The number of alkyl halides is 2. The summed E-state index contributed by atoms with van der Waals surface area (Å²) in [5.74, 6) is 2.62. The van der Waals surface area contributed by atoms with E-state index in [0.29, 0.717) is 47.6 Å². The van der Waals surface area contributed by atoms with Crippen LogP contribution in [0.3, 0.4) is 0 Å². The smallest absolute Gasteiger partial charge is 0.387 e. The van der Waals surface area contributed by atoms with E-state index < -0.39 is 6.61 Å². The molecule has 1 aliphatic heterocycles. The van der Waals surface area contributed by atoms with E-state index in [1.54, 1.807) is 20.3 Å². The third-order valence-corrected chi connectivity index (χ3v) is 4.43. The molecule has 11 heteroatoms. The van der Waals surface area contributed by atoms with Gasteiger partial charge in [0.15, 0.2) is 29.0 Å². The average molecular weight is 565 g/mol. The summed E-state index contributed by atoms with van der Waals surface area (Å²) in [5.41, 5.74) is 1.40. The zero-order chi connectivity index (χ0) is 22.2. The van der Waals surface area contributed by atoms with E-state index in [0.717, 1.165) is 5.56 Å². The Morgan fingerprint density at radius 3 is 2.41 bits per heavy atom. The Labute approximate surface area is 202 Å². The van der Waals surface area contributed by atoms with E-state index in [1.807, 2.05) is 25.1 Å². The summed E-state index contributed by atoms with van der Waals surface area (Å²) in [6, 6.07) is 8.56. The first-order valence-electron chi connectivity index (χ1n) is 9.64. The number of hydrogen-bond acceptors (Lipinski definition) is 6. The van der Waals surface area contributed by atoms with Crippen LogP contribution in [0.4, 0.5) is 8.78 Å². The van der Waals surface area contributed by atoms with Gasteiger partial charge in [0.1, 0.15) is 5.75 Å². The van der Waals surface area contributed by atoms with Crippen LogP contribution in [0.1, 0.15) is 18.1 Å². The minimum absolute atomic E-state index is 0. The van der Waals surface area contributed by atoms with Crippen molar-refractivity contribution >= 4 is 29.9 Å². The second-order valence-corrected chi connectivity index (χ2v) is 6.43. The topological polar surface area (TPSA) is 82.6 Å². The molecule has 0 atom stereocenters. The molecule has 2 aromatic carbocycles. The molecule has 0 spiro atoms. The van der Waals surface area contributed by atoms with E-state index >= 15 is 0 Å². The molecule has 32 heavy (non-hydrogen) atoms. The van der Waals surface area contributed by atoms with Crippen molar-refractivity contribution in [2.45, 2.75) is 26.6 Å². The fraction of sp³-hybridized carbons (Fsp3) is 0.381. The average Bonchev–Trinajstić information content (AvgIpc) is 3.22. The summed E-state index contributed by atoms with van der Waals surface area (Å²) in [7, 11) is 3.14. The molecule has 1 heterocycles. The van der Waals surface area contributed by atoms with Crippen molar-refractivity contribution in [3.05, 3.63) is 41.5 Å². The number of methoxy groups -OCH3 is 2. The molecule has 176 valence electrons. The van der Waals surface area contributed by atoms with Crippen molar-refractivity contribution in [1.82, 2.24) is 10.6 Å². The lowest BCUT2D eigenvalue weighted by molar-refractivity contribution is -0.0505. The van der Waals surface area contributed by atoms with E-state index in [1.165, 1.54) is 6.07 Å². The fourth-order valence-electron chi connectivity index (χ4n) is 2.98. The van der Waals surface area contributed by atoms with Crippen molar-refractivity contribution in [3.8, 4) is 28.7 Å². The second-order valence-electron chi connectivity index (χ2n) is 6.43. The number of halogens is 3. The number of rotatable bonds is 9. The van der Waals surface area contributed by atoms with Crippen molar-refractivity contribution in [2.24, 2.45) is 4.99 Å². The molecule has 1 aliphatic rings. The first-order valence-corrected chi connectivity index (χ1v) is 9.64. The number of nitrogens with zero attached hydrogens (tertiary/aromatic N) is 1. The maximum atomic E-state index is 12.8. The van der Waals surface area contributed by atoms with Crippen LogP contribution in [-0.2, 0) is 13.1 Å². The lowest BCUT2D eigenvalue weighted by Crippen LogP contribution is -2.36. The Kier molecular flexibility index (Phi) is 9.88. The number of hydrogen-bond donors (Lipinski definition) is 2. The van der Waals surface area contributed by atoms with E-state index in [-0.39, 0.29) is 43.1 Å². The minimum atomic E-state index is -2.95. The number of guanidine groups is 1. The molecule has 8 nitrogen and oxygen atoms in total. The molecule has 0 bridgehead atoms. The largest absolute Gasteiger partial charge is 0.493 e. The highest BCUT2D eigenvalue weighted by atomic mass is 127. The number of benzene rings is 2. The predicted octanol–water partition coefficient (Wildman–Crippen LogP) is 3.91. The SMILES string of the molecule is CCNC(=NCc1ccc(OC)c(OC)c1)NCc1cc2c(cc1OC(F)F)OCO2.I. The van der Waals surface area contributed by atoms with E-state index in [2.05, 4.69) is 20.4 Å². The molecule has 0 amide bonds. The van der Waals surface area contributed by atoms with Gasteiger partial charge >= 0.3 is 6.61 Å². The third-order valence-electron chi connectivity index (χ3n) is 4.43. The maximum Gasteiger partial charge on any atom is 0.387 e. The molecule has 2 N–H and O–H groups in total. The number of aliphatic imine (C=N–C) groups is 1. The number of ether oxygens (including phenoxy) is 5. The molecule has 0 fully saturated rings. The van der Waals surface area contributed by atoms with Crippen LogP contribution < -0.4 is 34.3 Å². The van der Waals surface area contributed by atoms with E-state index in [4.69, 9.17) is 18.9 Å². The molecule has 3 rings (SSSR count). The van der Waals surface area contributed by atoms with Gasteiger partial charge in [-0.15, -0.1) is 24.0 Å². The quantitative estimate of drug-likeness (QED) is 0.271. The van der Waals surface area contributed by atoms with Gasteiger partial charge in [-0.1, -0.05) is 6.07 Å². The fourth-order valence-corrected chi connectivity index (χ4v) is 2.98. The summed E-state index contributed by atoms with van der Waals surface area (Å²) < 4.78 is 51.4. The van der Waals surface area contributed by atoms with Crippen LogP contribution in [0.15, 0.2) is 35.3 Å². The highest BCUT2D eigenvalue weighted by Crippen LogP contribution is 2.38. The normalized spacial score (nSPS) is 12.2. The van der Waals surface area contributed by atoms with Gasteiger partial charge in [-0.25, -0.2) is 4.99 Å². The summed E-state index contributed by atoms with van der Waals surface area (Å²) in [4.78, 5) is 4.55. The van der Waals surface area contributed by atoms with Crippen molar-refractivity contribution < 1.29 is 32.5 Å². The van der Waals surface area contributed by atoms with Crippen LogP contribution in [0.25, 0.3) is 0 Å². The highest BCUT2D eigenvalue weighted by Gasteiger charge is 2.20. The molecular weight excluding hydrogens is 539 g/mol. The van der Waals surface area contributed by atoms with Gasteiger partial charge in [0, 0.05) is 24.7 Å². The standard InChI is InChI=1S/C21H25F2N3O5.HI/c1-4-24-21(25-10-13-5-6-15(27-2)17(7-13)28-3)26-11-14-8-18-19(30-12-29-18)9-16(14)31-20(22)23;/h5-9,20H,4,10-12H2,1-3H3,(H2,24,25,26);1H. The van der Waals surface area contributed by atoms with Crippen LogP contribution in [0.5, 0.6) is 28.7 Å². The Morgan fingerprint density at radius 1 is 1.03 bits per heavy atom. The monoisotopic (exact) mass is 565 g/mol. The highest BCUT2D eigenvalue weighted by molar-refractivity contribution is 14.0. The molecular formula is C21H26F2IN3O5. The third kappa shape index (κ3) is 6.65. The summed E-state index contributed by atoms with van der Waals surface area (Å²) in [5, 5.41) is 6.25. The molecule has 0 unspecified atom stereocenters. The van der Waals surface area contributed by atoms with Crippen LogP contribution in [0.2, 0.25) is 0 Å². The van der Waals surface area contributed by atoms with Crippen molar-refractivity contribution in [3.63, 3.8) is 0 Å². The Balaban J connectivity index is 0.00000363. The molecule has 2 aromatic rings. The van der Waals surface area contributed by atoms with Crippen molar-refractivity contribution in [2.75, 3.05) is 27.6 Å². The Bertz CT molecular complexity index is 931. The van der Waals surface area contributed by atoms with Crippen LogP contribution in [-0.4, -0.2) is 40.1 Å². The summed E-state index contributed by atoms with van der Waals surface area (Å²) in [6.45, 7) is 0.202. The van der Waals surface area contributed by atoms with Gasteiger partial charge in [-0.3, -0.25) is 0 Å². The van der Waals surface area contributed by atoms with Crippen molar-refractivity contribution in [1.29, 1.82) is 0 Å². The van der Waals surface area contributed by atoms with Crippen LogP contribution >= 0.6 is 24.0 Å². The molecule has 0 aliphatic carbocycles. The maximum absolute atomic E-state index is 12.8. The zero-order valence-corrected chi connectivity index (χ0v) is 20.3. The molecule has 0 aromatic heterocycles. The first kappa shape index (κ1) is 25.6. The lowest BCUT2D eigenvalue weighted by Gasteiger charge is -2.15. The van der Waals surface area contributed by atoms with Gasteiger partial charge in [-0.05, 0) is 30.7 Å². The first-order chi connectivity index (χ1) is 15.0. The molecule has 0 saturated carbocycles. The molecule has 0 radical (unpaired) electrons. The second kappa shape index (κ2) is 12.4. The van der Waals surface area contributed by atoms with E-state index in [9.17, 15) is 8.78 Å². The number of fused-ring (bicyclic) bond motifs is 1. The predicted molar refractivity (Wildman–Crippen MR) is 126 cm³/mol. The van der Waals surface area contributed by atoms with Gasteiger partial charge < -0.3 is 34.3 Å². The van der Waals surface area contributed by atoms with Crippen LogP contribution in [0, 0.1) is 0 Å². The minimum Gasteiger partial charge on any atom is -0.493 e.